The Balaban J connectivity index is 3.27. The maximum Gasteiger partial charge on any atom is 0.194 e. The molecule has 0 aliphatic rings. The van der Waals surface area contributed by atoms with Crippen molar-refractivity contribution >= 4 is 39.2 Å². The van der Waals surface area contributed by atoms with Gasteiger partial charge < -0.3 is 5.11 Å². The van der Waals surface area contributed by atoms with Crippen molar-refractivity contribution in [3.8, 4) is 0 Å². The van der Waals surface area contributed by atoms with Gasteiger partial charge in [0, 0.05) is 10.7 Å². The van der Waals surface area contributed by atoms with Crippen molar-refractivity contribution in [3.05, 3.63) is 11.2 Å². The first-order valence-electron chi connectivity index (χ1n) is 5.98. The van der Waals surface area contributed by atoms with Crippen LogP contribution in [0, 0.1) is 0 Å². The quantitative estimate of drug-likeness (QED) is 0.663. The number of rotatable bonds is 3. The van der Waals surface area contributed by atoms with E-state index in [9.17, 15) is 9.32 Å². The van der Waals surface area contributed by atoms with Gasteiger partial charge in [0.2, 0.25) is 0 Å². The highest BCUT2D eigenvalue weighted by atomic mass is 35.7. The van der Waals surface area contributed by atoms with E-state index in [1.54, 1.807) is 6.92 Å². The standard InChI is InChI=1S/C11H21ClN2O2S2Si/c1-8(15)10-13-7-9(17-10)18(12,16)14-19(5,6)11(2,3)4/h7-8,15H,1-6H3/t8-,18?/m1/s1. The summed E-state index contributed by atoms with van der Waals surface area (Å²) in [5.74, 6) is 0. The molecule has 0 radical (unpaired) electrons. The number of halogens is 1. The Labute approximate surface area is 125 Å². The van der Waals surface area contributed by atoms with Gasteiger partial charge in [-0.25, -0.2) is 9.19 Å². The number of aliphatic hydroxyl groups excluding tert-OH is 1. The summed E-state index contributed by atoms with van der Waals surface area (Å²) in [7, 11) is 1.09. The zero-order valence-corrected chi connectivity index (χ0v) is 15.5. The molecule has 110 valence electrons. The van der Waals surface area contributed by atoms with Crippen molar-refractivity contribution in [2.45, 2.75) is 56.1 Å². The maximum atomic E-state index is 12.6. The molecule has 0 spiro atoms. The van der Waals surface area contributed by atoms with Gasteiger partial charge in [-0.15, -0.1) is 11.3 Å². The number of thiazole rings is 1. The van der Waals surface area contributed by atoms with E-state index in [2.05, 4.69) is 29.8 Å². The first-order chi connectivity index (χ1) is 8.37. The van der Waals surface area contributed by atoms with Crippen molar-refractivity contribution in [2.24, 2.45) is 4.03 Å². The lowest BCUT2D eigenvalue weighted by atomic mass is 10.2. The topological polar surface area (TPSA) is 62.6 Å². The minimum absolute atomic E-state index is 0.0255. The summed E-state index contributed by atoms with van der Waals surface area (Å²) in [5.41, 5.74) is 0. The molecular formula is C11H21ClN2O2S2Si. The molecule has 2 atom stereocenters. The van der Waals surface area contributed by atoms with Crippen molar-refractivity contribution in [1.82, 2.24) is 4.98 Å². The number of aromatic nitrogens is 1. The molecule has 1 aromatic heterocycles. The second-order valence-electron chi connectivity index (χ2n) is 6.05. The van der Waals surface area contributed by atoms with Gasteiger partial charge in [0.25, 0.3) is 0 Å². The van der Waals surface area contributed by atoms with E-state index in [1.165, 1.54) is 6.20 Å². The third-order valence-corrected chi connectivity index (χ3v) is 13.6. The predicted octanol–water partition coefficient (Wildman–Crippen LogP) is 4.18. The number of hydrogen-bond donors (Lipinski definition) is 1. The van der Waals surface area contributed by atoms with Gasteiger partial charge in [-0.05, 0) is 25.1 Å². The van der Waals surface area contributed by atoms with Gasteiger partial charge in [0.15, 0.2) is 17.2 Å². The monoisotopic (exact) mass is 340 g/mol. The summed E-state index contributed by atoms with van der Waals surface area (Å²) in [6.07, 6.45) is 0.775. The second-order valence-corrected chi connectivity index (χ2v) is 15.3. The van der Waals surface area contributed by atoms with E-state index in [1.807, 2.05) is 13.1 Å². The van der Waals surface area contributed by atoms with E-state index in [-0.39, 0.29) is 5.04 Å². The van der Waals surface area contributed by atoms with Crippen LogP contribution >= 0.6 is 22.0 Å². The summed E-state index contributed by atoms with van der Waals surface area (Å²) in [4.78, 5) is 4.03. The molecular weight excluding hydrogens is 320 g/mol. The third kappa shape index (κ3) is 4.01. The third-order valence-electron chi connectivity index (χ3n) is 3.29. The fraction of sp³-hybridized carbons (Fsp3) is 0.727. The minimum atomic E-state index is -2.96. The Bertz CT molecular complexity index is 569. The molecule has 0 aliphatic carbocycles. The first kappa shape index (κ1) is 17.1. The average molecular weight is 341 g/mol. The average Bonchev–Trinajstić information content (AvgIpc) is 2.62. The number of nitrogens with zero attached hydrogens (tertiary/aromatic N) is 2. The maximum absolute atomic E-state index is 12.6. The fourth-order valence-electron chi connectivity index (χ4n) is 1.06. The molecule has 8 heteroatoms. The summed E-state index contributed by atoms with van der Waals surface area (Å²) < 4.78 is 17.5. The predicted molar refractivity (Wildman–Crippen MR) is 84.6 cm³/mol. The number of hydrogen-bond acceptors (Lipinski definition) is 5. The lowest BCUT2D eigenvalue weighted by Crippen LogP contribution is -2.35. The SMILES string of the molecule is C[C@@H](O)c1ncc(S(=O)(Cl)=N[Si](C)(C)C(C)(C)C)s1. The van der Waals surface area contributed by atoms with Gasteiger partial charge in [-0.2, -0.15) is 0 Å². The van der Waals surface area contributed by atoms with Crippen LogP contribution in [0.4, 0.5) is 0 Å². The first-order valence-corrected chi connectivity index (χ1v) is 12.1. The van der Waals surface area contributed by atoms with E-state index < -0.39 is 23.3 Å². The zero-order valence-electron chi connectivity index (χ0n) is 12.1. The second kappa shape index (κ2) is 5.44. The molecule has 1 aromatic rings. The molecule has 0 amide bonds. The fourth-order valence-corrected chi connectivity index (χ4v) is 8.59. The van der Waals surface area contributed by atoms with Crippen LogP contribution in [0.2, 0.25) is 18.1 Å². The normalized spacial score (nSPS) is 17.9. The van der Waals surface area contributed by atoms with Gasteiger partial charge in [0.1, 0.15) is 15.3 Å². The number of aliphatic hydroxyl groups is 1. The molecule has 4 nitrogen and oxygen atoms in total. The van der Waals surface area contributed by atoms with Crippen LogP contribution in [-0.4, -0.2) is 22.5 Å². The van der Waals surface area contributed by atoms with E-state index >= 15 is 0 Å². The molecule has 0 aromatic carbocycles. The van der Waals surface area contributed by atoms with Crippen molar-refractivity contribution in [2.75, 3.05) is 0 Å². The van der Waals surface area contributed by atoms with Crippen LogP contribution in [0.3, 0.4) is 0 Å². The Morgan fingerprint density at radius 3 is 2.42 bits per heavy atom. The van der Waals surface area contributed by atoms with Crippen LogP contribution in [0.15, 0.2) is 14.4 Å². The summed E-state index contributed by atoms with van der Waals surface area (Å²) in [6.45, 7) is 12.0. The van der Waals surface area contributed by atoms with Crippen molar-refractivity contribution < 1.29 is 9.32 Å². The van der Waals surface area contributed by atoms with E-state index in [4.69, 9.17) is 10.7 Å². The molecule has 0 saturated carbocycles. The molecule has 1 N–H and O–H groups in total. The highest BCUT2D eigenvalue weighted by molar-refractivity contribution is 8.17. The summed E-state index contributed by atoms with van der Waals surface area (Å²) >= 11 is 1.16. The molecule has 0 saturated heterocycles. The van der Waals surface area contributed by atoms with Gasteiger partial charge >= 0.3 is 0 Å². The molecule has 1 heterocycles. The largest absolute Gasteiger partial charge is 0.386 e. The molecule has 0 bridgehead atoms. The Hall–Kier alpha value is 0.0469. The summed E-state index contributed by atoms with van der Waals surface area (Å²) in [5, 5.41) is 9.94. The van der Waals surface area contributed by atoms with Crippen molar-refractivity contribution in [1.29, 1.82) is 0 Å². The Morgan fingerprint density at radius 1 is 1.53 bits per heavy atom. The van der Waals surface area contributed by atoms with Gasteiger partial charge in [-0.1, -0.05) is 20.8 Å². The highest BCUT2D eigenvalue weighted by Crippen LogP contribution is 2.39. The van der Waals surface area contributed by atoms with Gasteiger partial charge in [0.05, 0.1) is 6.20 Å². The summed E-state index contributed by atoms with van der Waals surface area (Å²) in [6, 6.07) is 0. The molecule has 0 aliphatic heterocycles. The van der Waals surface area contributed by atoms with Crippen LogP contribution in [0.1, 0.15) is 38.8 Å². The van der Waals surface area contributed by atoms with Crippen LogP contribution in [0.25, 0.3) is 0 Å². The Morgan fingerprint density at radius 2 is 2.05 bits per heavy atom. The highest BCUT2D eigenvalue weighted by Gasteiger charge is 2.37. The van der Waals surface area contributed by atoms with Crippen LogP contribution in [-0.2, 0) is 8.94 Å². The molecule has 19 heavy (non-hydrogen) atoms. The van der Waals surface area contributed by atoms with Crippen molar-refractivity contribution in [3.63, 3.8) is 0 Å². The van der Waals surface area contributed by atoms with Gasteiger partial charge in [-0.3, -0.25) is 4.03 Å². The Kier molecular flexibility index (Phi) is 4.90. The lowest BCUT2D eigenvalue weighted by Gasteiger charge is -2.32. The zero-order chi connectivity index (χ0) is 15.1. The van der Waals surface area contributed by atoms with Crippen LogP contribution < -0.4 is 0 Å². The lowest BCUT2D eigenvalue weighted by molar-refractivity contribution is 0.199. The van der Waals surface area contributed by atoms with Crippen LogP contribution in [0.5, 0.6) is 0 Å². The van der Waals surface area contributed by atoms with E-state index in [0.29, 0.717) is 9.22 Å². The minimum Gasteiger partial charge on any atom is -0.386 e. The smallest absolute Gasteiger partial charge is 0.194 e. The van der Waals surface area contributed by atoms with E-state index in [0.717, 1.165) is 11.3 Å². The molecule has 1 unspecified atom stereocenters. The molecule has 1 rings (SSSR count). The molecule has 0 fully saturated rings.